The number of furan rings is 1. The van der Waals surface area contributed by atoms with Gasteiger partial charge in [0.1, 0.15) is 6.04 Å². The molecule has 0 saturated carbocycles. The Morgan fingerprint density at radius 3 is 3.05 bits per heavy atom. The van der Waals surface area contributed by atoms with Crippen LogP contribution in [0.25, 0.3) is 11.7 Å². The second-order valence-electron chi connectivity index (χ2n) is 4.76. The minimum Gasteiger partial charge on any atom is -0.468 e. The summed E-state index contributed by atoms with van der Waals surface area (Å²) in [6, 6.07) is 3.27. The monoisotopic (exact) mass is 355 g/mol. The van der Waals surface area contributed by atoms with Crippen LogP contribution < -0.4 is 0 Å². The third-order valence-corrected chi connectivity index (χ3v) is 3.85. The van der Waals surface area contributed by atoms with Gasteiger partial charge in [-0.2, -0.15) is 0 Å². The second kappa shape index (κ2) is 5.98. The summed E-state index contributed by atoms with van der Waals surface area (Å²) >= 11 is 3.22. The molecule has 0 spiro atoms. The number of carbonyl (C=O) groups excluding carboxylic acids is 1. The molecule has 1 saturated heterocycles. The van der Waals surface area contributed by atoms with Crippen LogP contribution in [0.3, 0.4) is 0 Å². The Kier molecular flexibility index (Phi) is 4.07. The number of ether oxygens (including phenoxy) is 1. The lowest BCUT2D eigenvalue weighted by atomic mass is 10.2. The fourth-order valence-electron chi connectivity index (χ4n) is 2.44. The van der Waals surface area contributed by atoms with Gasteiger partial charge in [-0.1, -0.05) is 0 Å². The minimum absolute atomic E-state index is 0.220. The summed E-state index contributed by atoms with van der Waals surface area (Å²) in [6.45, 7) is 1.23. The molecular formula is C13H14BrN3O4. The average Bonchev–Trinajstić information content (AvgIpc) is 3.19. The molecule has 8 heteroatoms. The third-order valence-electron chi connectivity index (χ3n) is 3.43. The van der Waals surface area contributed by atoms with Crippen LogP contribution in [0.15, 0.2) is 25.6 Å². The van der Waals surface area contributed by atoms with E-state index < -0.39 is 0 Å². The first kappa shape index (κ1) is 14.3. The number of aromatic nitrogens is 2. The molecule has 21 heavy (non-hydrogen) atoms. The topological polar surface area (TPSA) is 81.6 Å². The Morgan fingerprint density at radius 2 is 2.33 bits per heavy atom. The number of hydrogen-bond acceptors (Lipinski definition) is 7. The zero-order valence-electron chi connectivity index (χ0n) is 11.4. The minimum atomic E-state index is -0.233. The Hall–Kier alpha value is -1.67. The molecular weight excluding hydrogens is 342 g/mol. The Balaban J connectivity index is 1.71. The number of carbonyl (C=O) groups is 1. The van der Waals surface area contributed by atoms with Crippen molar-refractivity contribution in [2.45, 2.75) is 25.4 Å². The van der Waals surface area contributed by atoms with Crippen LogP contribution in [0.2, 0.25) is 0 Å². The van der Waals surface area contributed by atoms with E-state index in [0.29, 0.717) is 28.8 Å². The predicted molar refractivity (Wildman–Crippen MR) is 75.1 cm³/mol. The van der Waals surface area contributed by atoms with Crippen molar-refractivity contribution in [2.75, 3.05) is 13.7 Å². The van der Waals surface area contributed by atoms with Gasteiger partial charge in [0, 0.05) is 0 Å². The number of esters is 1. The molecule has 1 aliphatic heterocycles. The van der Waals surface area contributed by atoms with Gasteiger partial charge in [0.25, 0.3) is 5.89 Å². The number of halogens is 1. The maximum Gasteiger partial charge on any atom is 0.323 e. The van der Waals surface area contributed by atoms with E-state index in [-0.39, 0.29) is 12.0 Å². The Labute approximate surface area is 129 Å². The molecule has 7 nitrogen and oxygen atoms in total. The number of rotatable bonds is 4. The van der Waals surface area contributed by atoms with Crippen molar-refractivity contribution in [3.63, 3.8) is 0 Å². The molecule has 0 bridgehead atoms. The quantitative estimate of drug-likeness (QED) is 0.777. The number of methoxy groups -OCH3 is 1. The van der Waals surface area contributed by atoms with Gasteiger partial charge in [0.2, 0.25) is 5.89 Å². The standard InChI is InChI=1S/C13H14BrN3O4/c1-19-13(18)8-3-2-6-17(8)7-11-15-16-12(21-11)9-4-5-10(14)20-9/h4-5,8H,2-3,6-7H2,1H3. The summed E-state index contributed by atoms with van der Waals surface area (Å²) in [7, 11) is 1.40. The average molecular weight is 356 g/mol. The highest BCUT2D eigenvalue weighted by Gasteiger charge is 2.32. The van der Waals surface area contributed by atoms with Crippen molar-refractivity contribution < 1.29 is 18.4 Å². The molecule has 1 aliphatic rings. The number of likely N-dealkylation sites (tertiary alicyclic amines) is 1. The van der Waals surface area contributed by atoms with Crippen molar-refractivity contribution in [3.05, 3.63) is 22.7 Å². The van der Waals surface area contributed by atoms with Crippen molar-refractivity contribution in [3.8, 4) is 11.7 Å². The first-order valence-corrected chi connectivity index (χ1v) is 7.36. The van der Waals surface area contributed by atoms with Crippen molar-refractivity contribution in [1.82, 2.24) is 15.1 Å². The van der Waals surface area contributed by atoms with Crippen LogP contribution in [-0.2, 0) is 16.1 Å². The van der Waals surface area contributed by atoms with Crippen LogP contribution in [0.5, 0.6) is 0 Å². The van der Waals surface area contributed by atoms with Crippen LogP contribution in [0.1, 0.15) is 18.7 Å². The van der Waals surface area contributed by atoms with E-state index in [2.05, 4.69) is 26.1 Å². The highest BCUT2D eigenvalue weighted by atomic mass is 79.9. The van der Waals surface area contributed by atoms with Gasteiger partial charge in [0.05, 0.1) is 13.7 Å². The SMILES string of the molecule is COC(=O)C1CCCN1Cc1nnc(-c2ccc(Br)o2)o1. The van der Waals surface area contributed by atoms with Gasteiger partial charge in [0.15, 0.2) is 10.4 Å². The fourth-order valence-corrected chi connectivity index (χ4v) is 2.74. The van der Waals surface area contributed by atoms with E-state index >= 15 is 0 Å². The van der Waals surface area contributed by atoms with Crippen molar-refractivity contribution in [2.24, 2.45) is 0 Å². The van der Waals surface area contributed by atoms with E-state index in [1.54, 1.807) is 12.1 Å². The molecule has 0 N–H and O–H groups in total. The van der Waals surface area contributed by atoms with Crippen molar-refractivity contribution in [1.29, 1.82) is 0 Å². The van der Waals surface area contributed by atoms with Gasteiger partial charge in [-0.15, -0.1) is 10.2 Å². The molecule has 3 heterocycles. The number of nitrogens with zero attached hydrogens (tertiary/aromatic N) is 3. The van der Waals surface area contributed by atoms with Gasteiger partial charge in [-0.3, -0.25) is 9.69 Å². The smallest absolute Gasteiger partial charge is 0.323 e. The van der Waals surface area contributed by atoms with E-state index in [1.807, 2.05) is 4.90 Å². The highest BCUT2D eigenvalue weighted by molar-refractivity contribution is 9.10. The molecule has 1 fully saturated rings. The summed E-state index contributed by atoms with van der Waals surface area (Å²) in [5.74, 6) is 1.06. The Bertz CT molecular complexity index is 639. The predicted octanol–water partition coefficient (Wildman–Crippen LogP) is 2.23. The number of hydrogen-bond donors (Lipinski definition) is 0. The van der Waals surface area contributed by atoms with Gasteiger partial charge in [-0.25, -0.2) is 0 Å². The lowest BCUT2D eigenvalue weighted by Crippen LogP contribution is -2.36. The third kappa shape index (κ3) is 3.01. The summed E-state index contributed by atoms with van der Waals surface area (Å²) in [6.07, 6.45) is 1.74. The molecule has 2 aromatic rings. The highest BCUT2D eigenvalue weighted by Crippen LogP contribution is 2.25. The first-order chi connectivity index (χ1) is 10.2. The normalized spacial score (nSPS) is 19.0. The second-order valence-corrected chi connectivity index (χ2v) is 5.54. The molecule has 1 atom stereocenters. The summed E-state index contributed by atoms with van der Waals surface area (Å²) in [5, 5.41) is 7.96. The van der Waals surface area contributed by atoms with E-state index in [1.165, 1.54) is 7.11 Å². The van der Waals surface area contributed by atoms with Gasteiger partial charge in [-0.05, 0) is 47.4 Å². The summed E-state index contributed by atoms with van der Waals surface area (Å²) < 4.78 is 16.3. The molecule has 0 aromatic carbocycles. The molecule has 3 rings (SSSR count). The molecule has 0 radical (unpaired) electrons. The van der Waals surface area contributed by atoms with Crippen LogP contribution in [-0.4, -0.2) is 40.8 Å². The molecule has 0 amide bonds. The summed E-state index contributed by atoms with van der Waals surface area (Å²) in [5.41, 5.74) is 0. The molecule has 0 aliphatic carbocycles. The Morgan fingerprint density at radius 1 is 1.48 bits per heavy atom. The maximum atomic E-state index is 11.7. The van der Waals surface area contributed by atoms with E-state index in [9.17, 15) is 4.79 Å². The van der Waals surface area contributed by atoms with E-state index in [4.69, 9.17) is 13.6 Å². The van der Waals surface area contributed by atoms with Crippen molar-refractivity contribution >= 4 is 21.9 Å². The first-order valence-electron chi connectivity index (χ1n) is 6.57. The molecule has 2 aromatic heterocycles. The zero-order chi connectivity index (χ0) is 14.8. The fraction of sp³-hybridized carbons (Fsp3) is 0.462. The van der Waals surface area contributed by atoms with Crippen LogP contribution >= 0.6 is 15.9 Å². The lowest BCUT2D eigenvalue weighted by molar-refractivity contribution is -0.146. The zero-order valence-corrected chi connectivity index (χ0v) is 13.0. The summed E-state index contributed by atoms with van der Waals surface area (Å²) in [4.78, 5) is 13.7. The largest absolute Gasteiger partial charge is 0.468 e. The van der Waals surface area contributed by atoms with Crippen LogP contribution in [0.4, 0.5) is 0 Å². The van der Waals surface area contributed by atoms with Gasteiger partial charge < -0.3 is 13.6 Å². The van der Waals surface area contributed by atoms with Gasteiger partial charge >= 0.3 is 5.97 Å². The van der Waals surface area contributed by atoms with E-state index in [0.717, 1.165) is 19.4 Å². The molecule has 1 unspecified atom stereocenters. The maximum absolute atomic E-state index is 11.7. The van der Waals surface area contributed by atoms with Crippen LogP contribution in [0, 0.1) is 0 Å². The lowest BCUT2D eigenvalue weighted by Gasteiger charge is -2.20. The molecule has 112 valence electrons.